The maximum absolute atomic E-state index is 13.1. The predicted octanol–water partition coefficient (Wildman–Crippen LogP) is 3.08. The summed E-state index contributed by atoms with van der Waals surface area (Å²) in [5.74, 6) is -0.371. The van der Waals surface area contributed by atoms with Gasteiger partial charge in [-0.3, -0.25) is 0 Å². The van der Waals surface area contributed by atoms with Crippen LogP contribution in [0.25, 0.3) is 0 Å². The molecule has 0 fully saturated rings. The summed E-state index contributed by atoms with van der Waals surface area (Å²) in [5, 5.41) is 3.56. The Bertz CT molecular complexity index is 366. The molecule has 0 heterocycles. The van der Waals surface area contributed by atoms with Crippen molar-refractivity contribution in [1.29, 1.82) is 0 Å². The van der Waals surface area contributed by atoms with Gasteiger partial charge in [0.2, 0.25) is 0 Å². The van der Waals surface area contributed by atoms with Crippen LogP contribution in [-0.2, 0) is 0 Å². The van der Waals surface area contributed by atoms with E-state index >= 15 is 0 Å². The molecule has 1 N–H and O–H groups in total. The van der Waals surface area contributed by atoms with Gasteiger partial charge in [0, 0.05) is 18.6 Å². The van der Waals surface area contributed by atoms with Crippen LogP contribution in [0.5, 0.6) is 0 Å². The Morgan fingerprint density at radius 3 is 2.47 bits per heavy atom. The summed E-state index contributed by atoms with van der Waals surface area (Å²) >= 11 is 5.81. The Labute approximate surface area is 108 Å². The number of rotatable bonds is 5. The lowest BCUT2D eigenvalue weighted by Crippen LogP contribution is -2.34. The number of hydrogen-bond donors (Lipinski definition) is 1. The highest BCUT2D eigenvalue weighted by molar-refractivity contribution is 6.30. The average molecular weight is 259 g/mol. The van der Waals surface area contributed by atoms with E-state index in [2.05, 4.69) is 24.1 Å². The van der Waals surface area contributed by atoms with Crippen molar-refractivity contribution >= 4 is 11.6 Å². The van der Waals surface area contributed by atoms with Gasteiger partial charge in [0.15, 0.2) is 0 Å². The summed E-state index contributed by atoms with van der Waals surface area (Å²) in [6.07, 6.45) is 0. The topological polar surface area (TPSA) is 15.3 Å². The molecule has 1 rings (SSSR count). The first-order valence-electron chi connectivity index (χ1n) is 5.76. The van der Waals surface area contributed by atoms with Crippen LogP contribution in [0.15, 0.2) is 18.2 Å². The van der Waals surface area contributed by atoms with E-state index in [0.717, 1.165) is 12.1 Å². The Morgan fingerprint density at radius 2 is 2.00 bits per heavy atom. The fourth-order valence-corrected chi connectivity index (χ4v) is 1.85. The van der Waals surface area contributed by atoms with E-state index in [1.807, 2.05) is 14.1 Å². The third-order valence-electron chi connectivity index (χ3n) is 2.67. The van der Waals surface area contributed by atoms with Gasteiger partial charge in [-0.2, -0.15) is 0 Å². The third kappa shape index (κ3) is 4.26. The molecular weight excluding hydrogens is 239 g/mol. The average Bonchev–Trinajstić information content (AvgIpc) is 2.22. The number of likely N-dealkylation sites (N-methyl/N-ethyl adjacent to an activating group) is 1. The molecule has 0 amide bonds. The first kappa shape index (κ1) is 14.4. The van der Waals surface area contributed by atoms with Crippen molar-refractivity contribution in [3.8, 4) is 0 Å². The molecule has 4 heteroatoms. The van der Waals surface area contributed by atoms with Gasteiger partial charge >= 0.3 is 0 Å². The van der Waals surface area contributed by atoms with Gasteiger partial charge in [-0.25, -0.2) is 4.39 Å². The molecule has 17 heavy (non-hydrogen) atoms. The van der Waals surface area contributed by atoms with Gasteiger partial charge < -0.3 is 10.2 Å². The molecule has 0 bridgehead atoms. The molecule has 0 saturated carbocycles. The molecule has 0 radical (unpaired) electrons. The van der Waals surface area contributed by atoms with Crippen molar-refractivity contribution < 1.29 is 4.39 Å². The molecule has 1 atom stereocenters. The van der Waals surface area contributed by atoms with Gasteiger partial charge in [-0.05, 0) is 31.8 Å². The second-order valence-electron chi connectivity index (χ2n) is 4.72. The highest BCUT2D eigenvalue weighted by Crippen LogP contribution is 2.23. The summed E-state index contributed by atoms with van der Waals surface area (Å²) in [4.78, 5) is 2.10. The Kier molecular flexibility index (Phi) is 5.37. The maximum Gasteiger partial charge on any atom is 0.141 e. The van der Waals surface area contributed by atoms with E-state index in [1.165, 1.54) is 6.07 Å². The quantitative estimate of drug-likeness (QED) is 0.873. The predicted molar refractivity (Wildman–Crippen MR) is 71.0 cm³/mol. The lowest BCUT2D eigenvalue weighted by atomic mass is 10.1. The highest BCUT2D eigenvalue weighted by atomic mass is 35.5. The van der Waals surface area contributed by atoms with Crippen LogP contribution in [-0.4, -0.2) is 31.6 Å². The van der Waals surface area contributed by atoms with E-state index in [9.17, 15) is 4.39 Å². The van der Waals surface area contributed by atoms with Gasteiger partial charge in [0.05, 0.1) is 5.02 Å². The second-order valence-corrected chi connectivity index (χ2v) is 5.12. The molecule has 1 aromatic rings. The lowest BCUT2D eigenvalue weighted by Gasteiger charge is -2.26. The molecule has 0 spiro atoms. The molecule has 0 aliphatic rings. The first-order chi connectivity index (χ1) is 7.91. The van der Waals surface area contributed by atoms with E-state index in [-0.39, 0.29) is 16.9 Å². The van der Waals surface area contributed by atoms with E-state index in [4.69, 9.17) is 11.6 Å². The number of nitrogens with one attached hydrogen (secondary N) is 1. The van der Waals surface area contributed by atoms with Crippen LogP contribution in [0.4, 0.5) is 4.39 Å². The molecule has 0 aliphatic carbocycles. The molecule has 1 aromatic carbocycles. The summed E-state index contributed by atoms with van der Waals surface area (Å²) in [6, 6.07) is 5.52. The minimum atomic E-state index is -0.371. The van der Waals surface area contributed by atoms with Gasteiger partial charge in [-0.1, -0.05) is 31.5 Å². The number of hydrogen-bond acceptors (Lipinski definition) is 2. The molecule has 2 nitrogen and oxygen atoms in total. The Hall–Kier alpha value is -0.640. The first-order valence-corrected chi connectivity index (χ1v) is 6.14. The summed E-state index contributed by atoms with van der Waals surface area (Å²) in [7, 11) is 4.01. The second kappa shape index (κ2) is 6.34. The van der Waals surface area contributed by atoms with Gasteiger partial charge in [0.25, 0.3) is 0 Å². The molecule has 1 unspecified atom stereocenters. The summed E-state index contributed by atoms with van der Waals surface area (Å²) in [6.45, 7) is 5.02. The van der Waals surface area contributed by atoms with E-state index in [0.29, 0.717) is 6.04 Å². The third-order valence-corrected chi connectivity index (χ3v) is 2.96. The van der Waals surface area contributed by atoms with E-state index < -0.39 is 0 Å². The SMILES string of the molecule is CC(C)NCC(c1ccc(F)c(Cl)c1)N(C)C. The lowest BCUT2D eigenvalue weighted by molar-refractivity contribution is 0.283. The van der Waals surface area contributed by atoms with Gasteiger partial charge in [-0.15, -0.1) is 0 Å². The van der Waals surface area contributed by atoms with E-state index in [1.54, 1.807) is 12.1 Å². The van der Waals surface area contributed by atoms with Crippen LogP contribution < -0.4 is 5.32 Å². The largest absolute Gasteiger partial charge is 0.313 e. The smallest absolute Gasteiger partial charge is 0.141 e. The van der Waals surface area contributed by atoms with Crippen molar-refractivity contribution in [3.05, 3.63) is 34.6 Å². The zero-order valence-electron chi connectivity index (χ0n) is 10.8. The normalized spacial score (nSPS) is 13.4. The van der Waals surface area contributed by atoms with Crippen molar-refractivity contribution in [2.24, 2.45) is 0 Å². The maximum atomic E-state index is 13.1. The molecular formula is C13H20ClFN2. The minimum Gasteiger partial charge on any atom is -0.313 e. The molecule has 0 aliphatic heterocycles. The minimum absolute atomic E-state index is 0.180. The van der Waals surface area contributed by atoms with Crippen molar-refractivity contribution in [2.45, 2.75) is 25.9 Å². The number of nitrogens with zero attached hydrogens (tertiary/aromatic N) is 1. The van der Waals surface area contributed by atoms with Crippen LogP contribution in [0, 0.1) is 5.82 Å². The fraction of sp³-hybridized carbons (Fsp3) is 0.538. The molecule has 0 aromatic heterocycles. The highest BCUT2D eigenvalue weighted by Gasteiger charge is 2.15. The fourth-order valence-electron chi connectivity index (χ4n) is 1.67. The van der Waals surface area contributed by atoms with Crippen molar-refractivity contribution in [1.82, 2.24) is 10.2 Å². The summed E-state index contributed by atoms with van der Waals surface area (Å²) < 4.78 is 13.1. The van der Waals surface area contributed by atoms with Crippen LogP contribution in [0.2, 0.25) is 5.02 Å². The van der Waals surface area contributed by atoms with Crippen LogP contribution in [0.1, 0.15) is 25.5 Å². The Balaban J connectivity index is 2.85. The zero-order chi connectivity index (χ0) is 13.0. The summed E-state index contributed by atoms with van der Waals surface area (Å²) in [5.41, 5.74) is 1.02. The van der Waals surface area contributed by atoms with Crippen molar-refractivity contribution in [2.75, 3.05) is 20.6 Å². The number of halogens is 2. The van der Waals surface area contributed by atoms with Gasteiger partial charge in [0.1, 0.15) is 5.82 Å². The molecule has 96 valence electrons. The standard InChI is InChI=1S/C13H20ClFN2/c1-9(2)16-8-13(17(3)4)10-5-6-12(15)11(14)7-10/h5-7,9,13,16H,8H2,1-4H3. The molecule has 0 saturated heterocycles. The monoisotopic (exact) mass is 258 g/mol. The Morgan fingerprint density at radius 1 is 1.35 bits per heavy atom. The van der Waals surface area contributed by atoms with Crippen LogP contribution >= 0.6 is 11.6 Å². The number of benzene rings is 1. The zero-order valence-corrected chi connectivity index (χ0v) is 11.6. The van der Waals surface area contributed by atoms with Crippen molar-refractivity contribution in [3.63, 3.8) is 0 Å². The van der Waals surface area contributed by atoms with Crippen LogP contribution in [0.3, 0.4) is 0 Å².